The van der Waals surface area contributed by atoms with E-state index in [-0.39, 0.29) is 29.3 Å². The number of aromatic nitrogens is 2. The minimum Gasteiger partial charge on any atom is -0.423 e. The van der Waals surface area contributed by atoms with E-state index < -0.39 is 24.9 Å². The van der Waals surface area contributed by atoms with Gasteiger partial charge in [-0.05, 0) is 30.5 Å². The van der Waals surface area contributed by atoms with Crippen molar-refractivity contribution in [1.82, 2.24) is 9.97 Å². The Morgan fingerprint density at radius 1 is 1.29 bits per heavy atom. The quantitative estimate of drug-likeness (QED) is 0.610. The van der Waals surface area contributed by atoms with Gasteiger partial charge in [0, 0.05) is 28.4 Å². The topological polar surface area (TPSA) is 103 Å². The van der Waals surface area contributed by atoms with Gasteiger partial charge in [0.25, 0.3) is 0 Å². The van der Waals surface area contributed by atoms with Crippen molar-refractivity contribution in [2.45, 2.75) is 44.5 Å². The van der Waals surface area contributed by atoms with Crippen LogP contribution < -0.4 is 16.1 Å². The van der Waals surface area contributed by atoms with Crippen LogP contribution in [0, 0.1) is 17.2 Å². The molecule has 4 rings (SSSR count). The van der Waals surface area contributed by atoms with Gasteiger partial charge in [-0.3, -0.25) is 0 Å². The Labute approximate surface area is 181 Å². The number of benzene rings is 1. The predicted octanol–water partition coefficient (Wildman–Crippen LogP) is 3.60. The van der Waals surface area contributed by atoms with Gasteiger partial charge in [-0.25, -0.2) is 4.98 Å². The maximum Gasteiger partial charge on any atom is 0.493 e. The fourth-order valence-electron chi connectivity index (χ4n) is 3.92. The molecule has 162 valence electrons. The van der Waals surface area contributed by atoms with Crippen LogP contribution in [-0.4, -0.2) is 28.2 Å². The van der Waals surface area contributed by atoms with Gasteiger partial charge in [0.1, 0.15) is 11.4 Å². The highest BCUT2D eigenvalue weighted by Crippen LogP contribution is 2.36. The van der Waals surface area contributed by atoms with Gasteiger partial charge in [-0.2, -0.15) is 23.4 Å². The molecule has 1 aromatic heterocycles. The Morgan fingerprint density at radius 2 is 2.06 bits per heavy atom. The largest absolute Gasteiger partial charge is 0.493 e. The molecule has 1 saturated carbocycles. The molecule has 1 fully saturated rings. The van der Waals surface area contributed by atoms with Crippen molar-refractivity contribution in [1.29, 1.82) is 5.26 Å². The average molecular weight is 452 g/mol. The van der Waals surface area contributed by atoms with E-state index in [0.717, 1.165) is 12.8 Å². The maximum absolute atomic E-state index is 13.5. The summed E-state index contributed by atoms with van der Waals surface area (Å²) in [4.78, 5) is 7.85. The number of alkyl halides is 3. The van der Waals surface area contributed by atoms with Crippen molar-refractivity contribution in [3.05, 3.63) is 34.5 Å². The molecule has 31 heavy (non-hydrogen) atoms. The highest BCUT2D eigenvalue weighted by molar-refractivity contribution is 6.65. The zero-order valence-corrected chi connectivity index (χ0v) is 17.0. The third kappa shape index (κ3) is 4.56. The molecule has 0 spiro atoms. The minimum atomic E-state index is -4.65. The first-order valence-corrected chi connectivity index (χ1v) is 10.1. The Bertz CT molecular complexity index is 1030. The lowest BCUT2D eigenvalue weighted by Crippen LogP contribution is -2.32. The lowest BCUT2D eigenvalue weighted by molar-refractivity contribution is -0.137. The SMILES string of the molecule is N#C[C@@H]1CCCC[C@H]1Nc1nc(Nc2cc(Cl)c3c(c2)COB3O)ncc1C(F)(F)F. The molecular formula is C19H18BClF3N5O2. The molecule has 2 atom stereocenters. The van der Waals surface area contributed by atoms with Crippen molar-refractivity contribution < 1.29 is 22.8 Å². The maximum atomic E-state index is 13.5. The molecule has 7 nitrogen and oxygen atoms in total. The number of anilines is 3. The summed E-state index contributed by atoms with van der Waals surface area (Å²) >= 11 is 6.20. The van der Waals surface area contributed by atoms with Crippen molar-refractivity contribution in [3.63, 3.8) is 0 Å². The van der Waals surface area contributed by atoms with Gasteiger partial charge >= 0.3 is 13.3 Å². The molecule has 2 heterocycles. The molecule has 0 saturated heterocycles. The first-order chi connectivity index (χ1) is 14.8. The van der Waals surface area contributed by atoms with Gasteiger partial charge in [-0.15, -0.1) is 0 Å². The number of rotatable bonds is 4. The van der Waals surface area contributed by atoms with Crippen LogP contribution in [0.5, 0.6) is 0 Å². The van der Waals surface area contributed by atoms with Gasteiger partial charge in [0.05, 0.1) is 18.6 Å². The van der Waals surface area contributed by atoms with Crippen LogP contribution in [0.25, 0.3) is 0 Å². The molecular weight excluding hydrogens is 434 g/mol. The van der Waals surface area contributed by atoms with E-state index in [4.69, 9.17) is 16.3 Å². The Kier molecular flexibility index (Phi) is 5.97. The second-order valence-corrected chi connectivity index (χ2v) is 7.95. The monoisotopic (exact) mass is 451 g/mol. The van der Waals surface area contributed by atoms with E-state index in [9.17, 15) is 23.5 Å². The molecule has 1 aliphatic carbocycles. The van der Waals surface area contributed by atoms with Gasteiger partial charge in [0.15, 0.2) is 0 Å². The van der Waals surface area contributed by atoms with Crippen LogP contribution in [0.1, 0.15) is 36.8 Å². The fourth-order valence-corrected chi connectivity index (χ4v) is 4.25. The molecule has 0 bridgehead atoms. The smallest absolute Gasteiger partial charge is 0.423 e. The lowest BCUT2D eigenvalue weighted by atomic mass is 9.79. The predicted molar refractivity (Wildman–Crippen MR) is 109 cm³/mol. The molecule has 2 aromatic rings. The van der Waals surface area contributed by atoms with E-state index >= 15 is 0 Å². The van der Waals surface area contributed by atoms with Crippen molar-refractivity contribution >= 4 is 41.6 Å². The highest BCUT2D eigenvalue weighted by atomic mass is 35.5. The molecule has 12 heteroatoms. The van der Waals surface area contributed by atoms with Crippen LogP contribution in [0.2, 0.25) is 5.02 Å². The van der Waals surface area contributed by atoms with Crippen LogP contribution in [0.3, 0.4) is 0 Å². The summed E-state index contributed by atoms with van der Waals surface area (Å²) in [7, 11) is -1.11. The first kappa shape index (κ1) is 21.7. The van der Waals surface area contributed by atoms with Gasteiger partial charge in [-0.1, -0.05) is 24.4 Å². The molecule has 0 unspecified atom stereocenters. The number of halogens is 4. The summed E-state index contributed by atoms with van der Waals surface area (Å²) < 4.78 is 45.7. The normalized spacial score (nSPS) is 20.8. The number of hydrogen-bond donors (Lipinski definition) is 3. The molecule has 3 N–H and O–H groups in total. The zero-order valence-electron chi connectivity index (χ0n) is 16.2. The van der Waals surface area contributed by atoms with Crippen LogP contribution in [0.4, 0.5) is 30.6 Å². The van der Waals surface area contributed by atoms with Crippen molar-refractivity contribution in [3.8, 4) is 6.07 Å². The summed E-state index contributed by atoms with van der Waals surface area (Å²) in [6.07, 6.45) is -1.02. The van der Waals surface area contributed by atoms with Crippen LogP contribution >= 0.6 is 11.6 Å². The second kappa shape index (κ2) is 8.53. The third-order valence-corrected chi connectivity index (χ3v) is 5.78. The number of fused-ring (bicyclic) bond motifs is 1. The summed E-state index contributed by atoms with van der Waals surface area (Å²) in [5, 5.41) is 25.1. The molecule has 2 aliphatic rings. The lowest BCUT2D eigenvalue weighted by Gasteiger charge is -2.29. The Balaban J connectivity index is 1.63. The Morgan fingerprint density at radius 3 is 2.81 bits per heavy atom. The summed E-state index contributed by atoms with van der Waals surface area (Å²) in [6, 6.07) is 4.93. The number of nitriles is 1. The van der Waals surface area contributed by atoms with E-state index in [1.807, 2.05) is 0 Å². The number of hydrogen-bond acceptors (Lipinski definition) is 7. The van der Waals surface area contributed by atoms with Crippen molar-refractivity contribution in [2.75, 3.05) is 10.6 Å². The number of nitrogens with one attached hydrogen (secondary N) is 2. The second-order valence-electron chi connectivity index (χ2n) is 7.54. The standard InChI is InChI=1S/C19H18BClF3N5O2/c21-14-6-12(5-11-9-31-20(30)16(11)14)27-18-26-8-13(19(22,23)24)17(29-18)28-15-4-2-1-3-10(15)7-25/h5-6,8,10,15,30H,1-4,9H2,(H2,26,27,28,29)/t10-,15+/m0/s1. The molecule has 1 aromatic carbocycles. The highest BCUT2D eigenvalue weighted by Gasteiger charge is 2.37. The zero-order chi connectivity index (χ0) is 22.2. The summed E-state index contributed by atoms with van der Waals surface area (Å²) in [5.74, 6) is -0.818. The van der Waals surface area contributed by atoms with E-state index in [1.54, 1.807) is 6.07 Å². The van der Waals surface area contributed by atoms with E-state index in [1.165, 1.54) is 6.07 Å². The molecule has 1 aliphatic heterocycles. The van der Waals surface area contributed by atoms with Crippen molar-refractivity contribution in [2.24, 2.45) is 5.92 Å². The molecule has 0 radical (unpaired) electrons. The summed E-state index contributed by atoms with van der Waals surface area (Å²) in [5.41, 5.74) is 0.568. The third-order valence-electron chi connectivity index (χ3n) is 5.46. The molecule has 0 amide bonds. The summed E-state index contributed by atoms with van der Waals surface area (Å²) in [6.45, 7) is 0.156. The van der Waals surface area contributed by atoms with Crippen LogP contribution in [0.15, 0.2) is 18.3 Å². The fraction of sp³-hybridized carbons (Fsp3) is 0.421. The Hall–Kier alpha value is -2.55. The minimum absolute atomic E-state index is 0.0599. The average Bonchev–Trinajstić information content (AvgIpc) is 3.09. The van der Waals surface area contributed by atoms with E-state index in [0.29, 0.717) is 35.8 Å². The van der Waals surface area contributed by atoms with E-state index in [2.05, 4.69) is 26.7 Å². The van der Waals surface area contributed by atoms with Gasteiger partial charge in [0.2, 0.25) is 5.95 Å². The van der Waals surface area contributed by atoms with Crippen LogP contribution in [-0.2, 0) is 17.4 Å². The van der Waals surface area contributed by atoms with Gasteiger partial charge < -0.3 is 20.3 Å². The first-order valence-electron chi connectivity index (χ1n) is 9.75. The number of nitrogens with zero attached hydrogens (tertiary/aromatic N) is 3.